The van der Waals surface area contributed by atoms with Crippen LogP contribution in [0.1, 0.15) is 35.3 Å². The van der Waals surface area contributed by atoms with Gasteiger partial charge in [-0.3, -0.25) is 10.1 Å². The van der Waals surface area contributed by atoms with Gasteiger partial charge in [-0.15, -0.1) is 20.4 Å². The van der Waals surface area contributed by atoms with Crippen LogP contribution in [-0.2, 0) is 11.3 Å². The standard InChI is InChI=1S/C15H17N7O2S/c1-9(2)22-20-13(18-21-22)10-4-6-11(7-5-10)14(23)16-15-19-17-12(25-15)8-24-3/h4-7,9H,8H2,1-3H3,(H,16,19,23). The third-order valence-corrected chi connectivity index (χ3v) is 4.06. The highest BCUT2D eigenvalue weighted by molar-refractivity contribution is 7.15. The molecular weight excluding hydrogens is 342 g/mol. The monoisotopic (exact) mass is 359 g/mol. The van der Waals surface area contributed by atoms with Gasteiger partial charge in [-0.2, -0.15) is 4.80 Å². The summed E-state index contributed by atoms with van der Waals surface area (Å²) < 4.78 is 4.98. The van der Waals surface area contributed by atoms with Crippen molar-refractivity contribution in [1.29, 1.82) is 0 Å². The fourth-order valence-electron chi connectivity index (χ4n) is 1.99. The number of amides is 1. The Hall–Kier alpha value is -2.72. The number of methoxy groups -OCH3 is 1. The number of hydrogen-bond donors (Lipinski definition) is 1. The summed E-state index contributed by atoms with van der Waals surface area (Å²) in [6.45, 7) is 4.32. The first-order chi connectivity index (χ1) is 12.1. The molecule has 0 radical (unpaired) electrons. The molecule has 1 aromatic carbocycles. The Morgan fingerprint density at radius 1 is 1.24 bits per heavy atom. The lowest BCUT2D eigenvalue weighted by Crippen LogP contribution is -2.11. The molecule has 0 aliphatic rings. The van der Waals surface area contributed by atoms with Crippen molar-refractivity contribution in [2.75, 3.05) is 12.4 Å². The maximum Gasteiger partial charge on any atom is 0.257 e. The molecule has 3 rings (SSSR count). The van der Waals surface area contributed by atoms with Crippen molar-refractivity contribution in [2.45, 2.75) is 26.5 Å². The van der Waals surface area contributed by atoms with Crippen LogP contribution >= 0.6 is 11.3 Å². The van der Waals surface area contributed by atoms with Crippen molar-refractivity contribution in [1.82, 2.24) is 30.4 Å². The first-order valence-electron chi connectivity index (χ1n) is 7.59. The normalized spacial score (nSPS) is 11.0. The molecular formula is C15H17N7O2S. The molecule has 0 aliphatic carbocycles. The highest BCUT2D eigenvalue weighted by Crippen LogP contribution is 2.19. The largest absolute Gasteiger partial charge is 0.377 e. The zero-order valence-electron chi connectivity index (χ0n) is 14.0. The number of aromatic nitrogens is 6. The fourth-order valence-corrected chi connectivity index (χ4v) is 2.69. The van der Waals surface area contributed by atoms with Gasteiger partial charge in [0.15, 0.2) is 0 Å². The van der Waals surface area contributed by atoms with E-state index in [1.807, 2.05) is 13.8 Å². The fraction of sp³-hybridized carbons (Fsp3) is 0.333. The lowest BCUT2D eigenvalue weighted by Gasteiger charge is -2.02. The Balaban J connectivity index is 1.69. The molecule has 0 saturated heterocycles. The average molecular weight is 359 g/mol. The van der Waals surface area contributed by atoms with E-state index < -0.39 is 0 Å². The number of hydrogen-bond acceptors (Lipinski definition) is 8. The van der Waals surface area contributed by atoms with Crippen LogP contribution in [0.3, 0.4) is 0 Å². The minimum Gasteiger partial charge on any atom is -0.377 e. The van der Waals surface area contributed by atoms with Gasteiger partial charge in [0.1, 0.15) is 11.6 Å². The maximum absolute atomic E-state index is 12.3. The SMILES string of the molecule is COCc1nnc(NC(=O)c2ccc(-c3nnn(C(C)C)n3)cc2)s1. The van der Waals surface area contributed by atoms with Crippen molar-refractivity contribution < 1.29 is 9.53 Å². The number of carbonyl (C=O) groups is 1. The van der Waals surface area contributed by atoms with Gasteiger partial charge in [-0.1, -0.05) is 23.5 Å². The summed E-state index contributed by atoms with van der Waals surface area (Å²) >= 11 is 1.28. The average Bonchev–Trinajstić information content (AvgIpc) is 3.25. The molecule has 0 atom stereocenters. The zero-order valence-corrected chi connectivity index (χ0v) is 14.8. The molecule has 0 bridgehead atoms. The Bertz CT molecular complexity index is 857. The number of carbonyl (C=O) groups excluding carboxylic acids is 1. The minimum atomic E-state index is -0.259. The quantitative estimate of drug-likeness (QED) is 0.718. The van der Waals surface area contributed by atoms with E-state index in [0.29, 0.717) is 28.1 Å². The summed E-state index contributed by atoms with van der Waals surface area (Å²) in [5.41, 5.74) is 1.30. The number of benzene rings is 1. The summed E-state index contributed by atoms with van der Waals surface area (Å²) in [5.74, 6) is 0.263. The second-order valence-electron chi connectivity index (χ2n) is 5.49. The Morgan fingerprint density at radius 3 is 2.64 bits per heavy atom. The zero-order chi connectivity index (χ0) is 17.8. The highest BCUT2D eigenvalue weighted by atomic mass is 32.1. The van der Waals surface area contributed by atoms with E-state index in [4.69, 9.17) is 4.74 Å². The summed E-state index contributed by atoms with van der Waals surface area (Å²) in [5, 5.41) is 24.0. The molecule has 3 aromatic rings. The maximum atomic E-state index is 12.3. The third kappa shape index (κ3) is 4.03. The Labute approximate surface area is 148 Å². The van der Waals surface area contributed by atoms with E-state index in [0.717, 1.165) is 5.56 Å². The predicted octanol–water partition coefficient (Wildman–Crippen LogP) is 2.17. The van der Waals surface area contributed by atoms with E-state index >= 15 is 0 Å². The van der Waals surface area contributed by atoms with Crippen molar-refractivity contribution >= 4 is 22.4 Å². The van der Waals surface area contributed by atoms with Crippen LogP contribution in [-0.4, -0.2) is 43.4 Å². The Kier molecular flexibility index (Phi) is 5.10. The molecule has 9 nitrogen and oxygen atoms in total. The molecule has 1 amide bonds. The molecule has 0 saturated carbocycles. The van der Waals surface area contributed by atoms with E-state index in [1.165, 1.54) is 11.3 Å². The molecule has 25 heavy (non-hydrogen) atoms. The molecule has 10 heteroatoms. The second-order valence-corrected chi connectivity index (χ2v) is 6.55. The molecule has 1 N–H and O–H groups in total. The highest BCUT2D eigenvalue weighted by Gasteiger charge is 2.12. The number of nitrogens with one attached hydrogen (secondary N) is 1. The first-order valence-corrected chi connectivity index (χ1v) is 8.41. The molecule has 2 aromatic heterocycles. The van der Waals surface area contributed by atoms with Gasteiger partial charge in [0.2, 0.25) is 11.0 Å². The van der Waals surface area contributed by atoms with Gasteiger partial charge >= 0.3 is 0 Å². The van der Waals surface area contributed by atoms with Crippen LogP contribution in [0.5, 0.6) is 0 Å². The molecule has 0 spiro atoms. The van der Waals surface area contributed by atoms with Gasteiger partial charge < -0.3 is 4.74 Å². The summed E-state index contributed by atoms with van der Waals surface area (Å²) in [7, 11) is 1.58. The van der Waals surface area contributed by atoms with Crippen molar-refractivity contribution in [3.63, 3.8) is 0 Å². The van der Waals surface area contributed by atoms with Gasteiger partial charge in [0.05, 0.1) is 6.04 Å². The number of anilines is 1. The van der Waals surface area contributed by atoms with E-state index in [1.54, 1.807) is 36.2 Å². The van der Waals surface area contributed by atoms with Gasteiger partial charge in [-0.05, 0) is 31.2 Å². The first kappa shape index (κ1) is 17.1. The predicted molar refractivity (Wildman–Crippen MR) is 92.2 cm³/mol. The third-order valence-electron chi connectivity index (χ3n) is 3.25. The molecule has 0 unspecified atom stereocenters. The van der Waals surface area contributed by atoms with Crippen molar-refractivity contribution in [2.24, 2.45) is 0 Å². The molecule has 0 fully saturated rings. The minimum absolute atomic E-state index is 0.140. The van der Waals surface area contributed by atoms with Crippen LogP contribution in [0.15, 0.2) is 24.3 Å². The van der Waals surface area contributed by atoms with Crippen LogP contribution < -0.4 is 5.32 Å². The molecule has 130 valence electrons. The van der Waals surface area contributed by atoms with Gasteiger partial charge in [-0.25, -0.2) is 0 Å². The summed E-state index contributed by atoms with van der Waals surface area (Å²) in [4.78, 5) is 13.8. The van der Waals surface area contributed by atoms with E-state index in [2.05, 4.69) is 30.9 Å². The topological polar surface area (TPSA) is 108 Å². The van der Waals surface area contributed by atoms with Crippen LogP contribution in [0.4, 0.5) is 5.13 Å². The Morgan fingerprint density at radius 2 is 2.00 bits per heavy atom. The van der Waals surface area contributed by atoms with Crippen molar-refractivity contribution in [3.05, 3.63) is 34.8 Å². The number of tetrazole rings is 1. The van der Waals surface area contributed by atoms with E-state index in [9.17, 15) is 4.79 Å². The van der Waals surface area contributed by atoms with Crippen LogP contribution in [0, 0.1) is 0 Å². The summed E-state index contributed by atoms with van der Waals surface area (Å²) in [6.07, 6.45) is 0. The molecule has 2 heterocycles. The van der Waals surface area contributed by atoms with Crippen LogP contribution in [0.25, 0.3) is 11.4 Å². The number of rotatable bonds is 6. The van der Waals surface area contributed by atoms with E-state index in [-0.39, 0.29) is 11.9 Å². The second kappa shape index (κ2) is 7.45. The smallest absolute Gasteiger partial charge is 0.257 e. The van der Waals surface area contributed by atoms with Gasteiger partial charge in [0.25, 0.3) is 5.91 Å². The lowest BCUT2D eigenvalue weighted by atomic mass is 10.1. The van der Waals surface area contributed by atoms with Crippen molar-refractivity contribution in [3.8, 4) is 11.4 Å². The van der Waals surface area contributed by atoms with Gasteiger partial charge in [0, 0.05) is 18.2 Å². The number of ether oxygens (including phenoxy) is 1. The lowest BCUT2D eigenvalue weighted by molar-refractivity contribution is 0.102. The van der Waals surface area contributed by atoms with Crippen LogP contribution in [0.2, 0.25) is 0 Å². The molecule has 0 aliphatic heterocycles. The number of nitrogens with zero attached hydrogens (tertiary/aromatic N) is 6. The summed E-state index contributed by atoms with van der Waals surface area (Å²) in [6, 6.07) is 7.12.